The Morgan fingerprint density at radius 1 is 1.24 bits per heavy atom. The smallest absolute Gasteiger partial charge is 0.223 e. The number of nitrogens with zero attached hydrogens (tertiary/aromatic N) is 2. The highest BCUT2D eigenvalue weighted by atomic mass is 79.9. The Kier molecular flexibility index (Phi) is 5.24. The third kappa shape index (κ3) is 3.99. The minimum atomic E-state index is 0.127. The van der Waals surface area contributed by atoms with E-state index in [1.165, 1.54) is 4.70 Å². The topological polar surface area (TPSA) is 54.5 Å². The molecule has 2 aromatic rings. The third-order valence-electron chi connectivity index (χ3n) is 5.04. The predicted octanol–water partition coefficient (Wildman–Crippen LogP) is 3.57. The van der Waals surface area contributed by atoms with Gasteiger partial charge in [0.2, 0.25) is 5.91 Å². The number of carbonyl (C=O) groups is 1. The fourth-order valence-electron chi connectivity index (χ4n) is 3.52. The molecular weight excluding hydrogens is 402 g/mol. The van der Waals surface area contributed by atoms with E-state index in [0.717, 1.165) is 67.1 Å². The number of fused-ring (bicyclic) bond motifs is 1. The van der Waals surface area contributed by atoms with Crippen LogP contribution in [0.5, 0.6) is 0 Å². The van der Waals surface area contributed by atoms with Crippen molar-refractivity contribution in [2.75, 3.05) is 31.2 Å². The Hall–Kier alpha value is -1.18. The standard InChI is InChI=1S/C18H22BrN3O2S/c19-13-1-2-15-16(11-13)25-18(21-15)22-7-3-12(4-8-22)17(23)20-14-5-9-24-10-6-14/h1-2,11-12,14H,3-10H2,(H,20,23). The summed E-state index contributed by atoms with van der Waals surface area (Å²) < 4.78 is 7.64. The number of hydrogen-bond donors (Lipinski definition) is 1. The first-order chi connectivity index (χ1) is 12.2. The minimum Gasteiger partial charge on any atom is -0.381 e. The lowest BCUT2D eigenvalue weighted by Crippen LogP contribution is -2.45. The van der Waals surface area contributed by atoms with Crippen molar-refractivity contribution in [1.82, 2.24) is 10.3 Å². The maximum absolute atomic E-state index is 12.5. The monoisotopic (exact) mass is 423 g/mol. The molecule has 1 amide bonds. The zero-order chi connectivity index (χ0) is 17.2. The van der Waals surface area contributed by atoms with Crippen LogP contribution in [0.3, 0.4) is 0 Å². The van der Waals surface area contributed by atoms with E-state index in [-0.39, 0.29) is 11.8 Å². The van der Waals surface area contributed by atoms with E-state index in [9.17, 15) is 4.79 Å². The van der Waals surface area contributed by atoms with Crippen molar-refractivity contribution in [3.05, 3.63) is 22.7 Å². The highest BCUT2D eigenvalue weighted by Crippen LogP contribution is 2.33. The maximum Gasteiger partial charge on any atom is 0.223 e. The first-order valence-electron chi connectivity index (χ1n) is 8.88. The quantitative estimate of drug-likeness (QED) is 0.819. The molecule has 25 heavy (non-hydrogen) atoms. The number of piperidine rings is 1. The van der Waals surface area contributed by atoms with E-state index in [0.29, 0.717) is 6.04 Å². The van der Waals surface area contributed by atoms with Gasteiger partial charge >= 0.3 is 0 Å². The van der Waals surface area contributed by atoms with Crippen LogP contribution in [-0.4, -0.2) is 43.2 Å². The van der Waals surface area contributed by atoms with Gasteiger partial charge in [-0.05, 0) is 43.9 Å². The van der Waals surface area contributed by atoms with Crippen LogP contribution >= 0.6 is 27.3 Å². The van der Waals surface area contributed by atoms with Gasteiger partial charge < -0.3 is 15.0 Å². The molecule has 2 saturated heterocycles. The second-order valence-electron chi connectivity index (χ2n) is 6.77. The molecule has 0 aliphatic carbocycles. The fourth-order valence-corrected chi connectivity index (χ4v) is 5.08. The second-order valence-corrected chi connectivity index (χ2v) is 8.69. The van der Waals surface area contributed by atoms with Crippen molar-refractivity contribution in [2.24, 2.45) is 5.92 Å². The van der Waals surface area contributed by atoms with Crippen LogP contribution in [0.2, 0.25) is 0 Å². The second kappa shape index (κ2) is 7.60. The summed E-state index contributed by atoms with van der Waals surface area (Å²) in [7, 11) is 0. The van der Waals surface area contributed by atoms with Crippen LogP contribution in [0.15, 0.2) is 22.7 Å². The zero-order valence-corrected chi connectivity index (χ0v) is 16.4. The van der Waals surface area contributed by atoms with E-state index >= 15 is 0 Å². The first kappa shape index (κ1) is 17.2. The molecule has 0 unspecified atom stereocenters. The number of nitrogens with one attached hydrogen (secondary N) is 1. The lowest BCUT2D eigenvalue weighted by Gasteiger charge is -2.32. The lowest BCUT2D eigenvalue weighted by atomic mass is 9.95. The number of aromatic nitrogens is 1. The largest absolute Gasteiger partial charge is 0.381 e. The van der Waals surface area contributed by atoms with Gasteiger partial charge in [0.15, 0.2) is 5.13 Å². The van der Waals surface area contributed by atoms with Crippen LogP contribution in [-0.2, 0) is 9.53 Å². The molecule has 0 bridgehead atoms. The van der Waals surface area contributed by atoms with Crippen molar-refractivity contribution in [1.29, 1.82) is 0 Å². The van der Waals surface area contributed by atoms with Crippen molar-refractivity contribution < 1.29 is 9.53 Å². The van der Waals surface area contributed by atoms with Crippen LogP contribution in [0, 0.1) is 5.92 Å². The summed E-state index contributed by atoms with van der Waals surface area (Å²) >= 11 is 5.24. The van der Waals surface area contributed by atoms with Gasteiger partial charge in [-0.2, -0.15) is 0 Å². The molecule has 1 aromatic carbocycles. The molecule has 134 valence electrons. The van der Waals surface area contributed by atoms with Gasteiger partial charge in [-0.3, -0.25) is 4.79 Å². The van der Waals surface area contributed by atoms with Gasteiger partial charge in [-0.15, -0.1) is 0 Å². The summed E-state index contributed by atoms with van der Waals surface area (Å²) in [6.07, 6.45) is 3.67. The van der Waals surface area contributed by atoms with E-state index in [2.05, 4.69) is 32.2 Å². The zero-order valence-electron chi connectivity index (χ0n) is 14.0. The Balaban J connectivity index is 1.34. The van der Waals surface area contributed by atoms with Crippen LogP contribution in [0.4, 0.5) is 5.13 Å². The number of benzene rings is 1. The molecule has 3 heterocycles. The third-order valence-corrected chi connectivity index (χ3v) is 6.62. The Morgan fingerprint density at radius 2 is 2.00 bits per heavy atom. The molecule has 0 radical (unpaired) electrons. The number of thiazole rings is 1. The highest BCUT2D eigenvalue weighted by molar-refractivity contribution is 9.10. The van der Waals surface area contributed by atoms with Gasteiger partial charge in [0.1, 0.15) is 0 Å². The van der Waals surface area contributed by atoms with Gasteiger partial charge in [0.25, 0.3) is 0 Å². The summed E-state index contributed by atoms with van der Waals surface area (Å²) in [5.41, 5.74) is 1.04. The molecule has 5 nitrogen and oxygen atoms in total. The average Bonchev–Trinajstić information content (AvgIpc) is 3.06. The number of anilines is 1. The van der Waals surface area contributed by atoms with E-state index < -0.39 is 0 Å². The Morgan fingerprint density at radius 3 is 2.76 bits per heavy atom. The van der Waals surface area contributed by atoms with E-state index in [1.807, 2.05) is 12.1 Å². The van der Waals surface area contributed by atoms with Crippen molar-refractivity contribution in [3.63, 3.8) is 0 Å². The molecule has 2 aliphatic heterocycles. The summed E-state index contributed by atoms with van der Waals surface area (Å²) in [6.45, 7) is 3.31. The van der Waals surface area contributed by atoms with Crippen molar-refractivity contribution in [2.45, 2.75) is 31.7 Å². The molecule has 0 spiro atoms. The van der Waals surface area contributed by atoms with Crippen molar-refractivity contribution >= 4 is 48.5 Å². The number of halogens is 1. The van der Waals surface area contributed by atoms with Crippen LogP contribution < -0.4 is 10.2 Å². The summed E-state index contributed by atoms with van der Waals surface area (Å²) in [4.78, 5) is 19.6. The van der Waals surface area contributed by atoms with Gasteiger partial charge in [-0.25, -0.2) is 4.98 Å². The molecule has 2 fully saturated rings. The van der Waals surface area contributed by atoms with Gasteiger partial charge in [0.05, 0.1) is 10.2 Å². The summed E-state index contributed by atoms with van der Waals surface area (Å²) in [5, 5.41) is 4.28. The minimum absolute atomic E-state index is 0.127. The lowest BCUT2D eigenvalue weighted by molar-refractivity contribution is -0.126. The van der Waals surface area contributed by atoms with E-state index in [1.54, 1.807) is 11.3 Å². The first-order valence-corrected chi connectivity index (χ1v) is 10.5. The normalized spacial score (nSPS) is 20.1. The summed E-state index contributed by atoms with van der Waals surface area (Å²) in [6, 6.07) is 6.48. The Bertz CT molecular complexity index is 752. The number of ether oxygens (including phenoxy) is 1. The predicted molar refractivity (Wildman–Crippen MR) is 104 cm³/mol. The van der Waals surface area contributed by atoms with Gasteiger partial charge in [0, 0.05) is 42.7 Å². The van der Waals surface area contributed by atoms with Crippen LogP contribution in [0.25, 0.3) is 10.2 Å². The maximum atomic E-state index is 12.5. The van der Waals surface area contributed by atoms with E-state index in [4.69, 9.17) is 9.72 Å². The SMILES string of the molecule is O=C(NC1CCOCC1)C1CCN(c2nc3ccc(Br)cc3s2)CC1. The molecule has 4 rings (SSSR count). The average molecular weight is 424 g/mol. The summed E-state index contributed by atoms with van der Waals surface area (Å²) in [5.74, 6) is 0.349. The number of carbonyl (C=O) groups excluding carboxylic acids is 1. The van der Waals surface area contributed by atoms with Crippen LogP contribution in [0.1, 0.15) is 25.7 Å². The molecule has 0 saturated carbocycles. The highest BCUT2D eigenvalue weighted by Gasteiger charge is 2.28. The Labute approximate surface area is 159 Å². The molecule has 7 heteroatoms. The fraction of sp³-hybridized carbons (Fsp3) is 0.556. The number of amides is 1. The number of hydrogen-bond acceptors (Lipinski definition) is 5. The van der Waals surface area contributed by atoms with Gasteiger partial charge in [-0.1, -0.05) is 27.3 Å². The molecule has 2 aliphatic rings. The molecular formula is C18H22BrN3O2S. The molecule has 1 N–H and O–H groups in total. The molecule has 1 aromatic heterocycles. The molecule has 0 atom stereocenters. The van der Waals surface area contributed by atoms with Crippen molar-refractivity contribution in [3.8, 4) is 0 Å². The number of rotatable bonds is 3.